The lowest BCUT2D eigenvalue weighted by atomic mass is 10.3. The Morgan fingerprint density at radius 1 is 1.15 bits per heavy atom. The SMILES string of the molecule is CC(=O)N(c1nc(CSc2nc3ccccc3s2)cs1)c1ccccc1F. The molecule has 1 amide bonds. The maximum absolute atomic E-state index is 14.1. The first-order valence-electron chi connectivity index (χ1n) is 8.10. The van der Waals surface area contributed by atoms with Gasteiger partial charge in [-0.3, -0.25) is 9.69 Å². The molecule has 136 valence electrons. The van der Waals surface area contributed by atoms with Crippen LogP contribution in [0.2, 0.25) is 0 Å². The number of para-hydroxylation sites is 2. The maximum Gasteiger partial charge on any atom is 0.230 e. The van der Waals surface area contributed by atoms with Crippen LogP contribution in [0.3, 0.4) is 0 Å². The van der Waals surface area contributed by atoms with Crippen molar-refractivity contribution in [1.82, 2.24) is 9.97 Å². The summed E-state index contributed by atoms with van der Waals surface area (Å²) in [5.41, 5.74) is 2.04. The van der Waals surface area contributed by atoms with Gasteiger partial charge in [0, 0.05) is 18.1 Å². The molecule has 0 N–H and O–H groups in total. The van der Waals surface area contributed by atoms with Crippen molar-refractivity contribution in [1.29, 1.82) is 0 Å². The standard InChI is InChI=1S/C19H14FN3OS3/c1-12(24)23(16-8-4-2-6-14(16)20)18-21-13(10-25-18)11-26-19-22-15-7-3-5-9-17(15)27-19/h2-10H,11H2,1H3. The number of carbonyl (C=O) groups is 1. The van der Waals surface area contributed by atoms with Crippen molar-refractivity contribution in [3.8, 4) is 0 Å². The topological polar surface area (TPSA) is 46.1 Å². The Balaban J connectivity index is 1.53. The predicted octanol–water partition coefficient (Wildman–Crippen LogP) is 5.87. The summed E-state index contributed by atoms with van der Waals surface area (Å²) < 4.78 is 16.3. The number of nitrogens with zero attached hydrogens (tertiary/aromatic N) is 3. The van der Waals surface area contributed by atoms with Crippen LogP contribution in [0.1, 0.15) is 12.6 Å². The zero-order valence-corrected chi connectivity index (χ0v) is 16.7. The van der Waals surface area contributed by atoms with E-state index in [4.69, 9.17) is 0 Å². The quantitative estimate of drug-likeness (QED) is 0.383. The Hall–Kier alpha value is -2.29. The summed E-state index contributed by atoms with van der Waals surface area (Å²) in [7, 11) is 0. The predicted molar refractivity (Wildman–Crippen MR) is 111 cm³/mol. The van der Waals surface area contributed by atoms with Crippen molar-refractivity contribution in [2.45, 2.75) is 17.0 Å². The van der Waals surface area contributed by atoms with Crippen LogP contribution in [-0.4, -0.2) is 15.9 Å². The van der Waals surface area contributed by atoms with Crippen molar-refractivity contribution in [2.24, 2.45) is 0 Å². The molecule has 0 saturated carbocycles. The molecular weight excluding hydrogens is 401 g/mol. The number of aromatic nitrogens is 2. The number of thioether (sulfide) groups is 1. The van der Waals surface area contributed by atoms with Gasteiger partial charge in [-0.05, 0) is 24.3 Å². The minimum Gasteiger partial charge on any atom is -0.274 e. The summed E-state index contributed by atoms with van der Waals surface area (Å²) in [6.45, 7) is 1.41. The third-order valence-electron chi connectivity index (χ3n) is 3.76. The van der Waals surface area contributed by atoms with Gasteiger partial charge in [0.1, 0.15) is 5.82 Å². The number of carbonyl (C=O) groups excluding carboxylic acids is 1. The zero-order chi connectivity index (χ0) is 18.8. The third kappa shape index (κ3) is 3.87. The smallest absolute Gasteiger partial charge is 0.230 e. The van der Waals surface area contributed by atoms with Crippen LogP contribution < -0.4 is 4.90 Å². The molecule has 0 radical (unpaired) electrons. The van der Waals surface area contributed by atoms with Gasteiger partial charge in [-0.1, -0.05) is 36.0 Å². The molecule has 4 rings (SSSR count). The number of rotatable bonds is 5. The molecule has 2 aromatic carbocycles. The normalized spacial score (nSPS) is 11.0. The summed E-state index contributed by atoms with van der Waals surface area (Å²) in [6, 6.07) is 14.2. The third-order valence-corrected chi connectivity index (χ3v) is 6.84. The van der Waals surface area contributed by atoms with Gasteiger partial charge in [0.05, 0.1) is 21.6 Å². The van der Waals surface area contributed by atoms with Gasteiger partial charge in [0.15, 0.2) is 9.47 Å². The van der Waals surface area contributed by atoms with E-state index >= 15 is 0 Å². The highest BCUT2D eigenvalue weighted by Gasteiger charge is 2.21. The largest absolute Gasteiger partial charge is 0.274 e. The highest BCUT2D eigenvalue weighted by atomic mass is 32.2. The van der Waals surface area contributed by atoms with E-state index in [1.165, 1.54) is 29.2 Å². The lowest BCUT2D eigenvalue weighted by Crippen LogP contribution is -2.23. The van der Waals surface area contributed by atoms with Gasteiger partial charge >= 0.3 is 0 Å². The first kappa shape index (κ1) is 18.1. The number of halogens is 1. The van der Waals surface area contributed by atoms with E-state index in [0.717, 1.165) is 20.3 Å². The number of hydrogen-bond donors (Lipinski definition) is 0. The van der Waals surface area contributed by atoms with Gasteiger partial charge < -0.3 is 0 Å². The molecule has 0 spiro atoms. The lowest BCUT2D eigenvalue weighted by Gasteiger charge is -2.18. The Labute approximate surface area is 167 Å². The Bertz CT molecular complexity index is 1080. The van der Waals surface area contributed by atoms with Crippen LogP contribution >= 0.6 is 34.4 Å². The van der Waals surface area contributed by atoms with Crippen molar-refractivity contribution in [3.63, 3.8) is 0 Å². The van der Waals surface area contributed by atoms with Crippen molar-refractivity contribution in [3.05, 3.63) is 65.4 Å². The molecule has 0 aliphatic heterocycles. The second-order valence-corrected chi connectivity index (χ2v) is 8.75. The van der Waals surface area contributed by atoms with Gasteiger partial charge in [-0.2, -0.15) is 0 Å². The Morgan fingerprint density at radius 3 is 2.70 bits per heavy atom. The monoisotopic (exact) mass is 415 g/mol. The van der Waals surface area contributed by atoms with Gasteiger partial charge in [-0.15, -0.1) is 22.7 Å². The van der Waals surface area contributed by atoms with Crippen LogP contribution in [-0.2, 0) is 10.5 Å². The summed E-state index contributed by atoms with van der Waals surface area (Å²) in [5, 5.41) is 2.36. The molecule has 4 nitrogen and oxygen atoms in total. The van der Waals surface area contributed by atoms with Crippen LogP contribution in [0, 0.1) is 5.82 Å². The summed E-state index contributed by atoms with van der Waals surface area (Å²) in [6.07, 6.45) is 0. The maximum atomic E-state index is 14.1. The molecule has 0 aliphatic rings. The molecule has 0 fully saturated rings. The number of fused-ring (bicyclic) bond motifs is 1. The highest BCUT2D eigenvalue weighted by molar-refractivity contribution is 8.00. The highest BCUT2D eigenvalue weighted by Crippen LogP contribution is 2.34. The fourth-order valence-corrected chi connectivity index (χ4v) is 5.50. The van der Waals surface area contributed by atoms with Gasteiger partial charge in [0.25, 0.3) is 0 Å². The van der Waals surface area contributed by atoms with Crippen LogP contribution in [0.4, 0.5) is 15.2 Å². The first-order chi connectivity index (χ1) is 13.1. The molecule has 0 unspecified atom stereocenters. The zero-order valence-electron chi connectivity index (χ0n) is 14.3. The summed E-state index contributed by atoms with van der Waals surface area (Å²) in [5.74, 6) is -0.0904. The molecule has 0 atom stereocenters. The molecule has 0 aliphatic carbocycles. The number of thiazole rings is 2. The fourth-order valence-electron chi connectivity index (χ4n) is 2.55. The van der Waals surface area contributed by atoms with E-state index in [1.807, 2.05) is 23.6 Å². The average Bonchev–Trinajstić information content (AvgIpc) is 3.28. The van der Waals surface area contributed by atoms with Crippen LogP contribution in [0.25, 0.3) is 10.2 Å². The van der Waals surface area contributed by atoms with Gasteiger partial charge in [-0.25, -0.2) is 14.4 Å². The van der Waals surface area contributed by atoms with E-state index < -0.39 is 5.82 Å². The molecule has 4 aromatic rings. The first-order valence-corrected chi connectivity index (χ1v) is 10.8. The molecule has 2 heterocycles. The molecule has 27 heavy (non-hydrogen) atoms. The van der Waals surface area contributed by atoms with E-state index in [2.05, 4.69) is 16.0 Å². The number of benzene rings is 2. The summed E-state index contributed by atoms with van der Waals surface area (Å²) in [4.78, 5) is 22.5. The van der Waals surface area contributed by atoms with E-state index in [-0.39, 0.29) is 11.6 Å². The van der Waals surface area contributed by atoms with Gasteiger partial charge in [0.2, 0.25) is 5.91 Å². The molecular formula is C19H14FN3OS3. The van der Waals surface area contributed by atoms with Crippen molar-refractivity contribution >= 4 is 61.4 Å². The molecule has 2 aromatic heterocycles. The Kier molecular flexibility index (Phi) is 5.20. The Morgan fingerprint density at radius 2 is 1.93 bits per heavy atom. The number of anilines is 2. The summed E-state index contributed by atoms with van der Waals surface area (Å²) >= 11 is 4.58. The van der Waals surface area contributed by atoms with Crippen molar-refractivity contribution in [2.75, 3.05) is 4.90 Å². The lowest BCUT2D eigenvalue weighted by molar-refractivity contribution is -0.115. The second kappa shape index (κ2) is 7.75. The fraction of sp³-hybridized carbons (Fsp3) is 0.105. The second-order valence-electron chi connectivity index (χ2n) is 5.66. The average molecular weight is 416 g/mol. The van der Waals surface area contributed by atoms with Crippen LogP contribution in [0.15, 0.2) is 58.3 Å². The van der Waals surface area contributed by atoms with E-state index in [9.17, 15) is 9.18 Å². The molecule has 0 bridgehead atoms. The number of amides is 1. The van der Waals surface area contributed by atoms with E-state index in [0.29, 0.717) is 10.9 Å². The minimum atomic E-state index is -0.451. The number of hydrogen-bond acceptors (Lipinski definition) is 6. The van der Waals surface area contributed by atoms with Crippen molar-refractivity contribution < 1.29 is 9.18 Å². The molecule has 0 saturated heterocycles. The molecule has 8 heteroatoms. The minimum absolute atomic E-state index is 0.213. The van der Waals surface area contributed by atoms with E-state index in [1.54, 1.807) is 41.3 Å². The van der Waals surface area contributed by atoms with Crippen LogP contribution in [0.5, 0.6) is 0 Å².